The summed E-state index contributed by atoms with van der Waals surface area (Å²) in [6.07, 6.45) is 5.22. The first-order valence-corrected chi connectivity index (χ1v) is 9.48. The van der Waals surface area contributed by atoms with E-state index in [2.05, 4.69) is 27.3 Å². The normalized spacial score (nSPS) is 19.1. The molecule has 0 bridgehead atoms. The number of hydrogen-bond donors (Lipinski definition) is 1. The van der Waals surface area contributed by atoms with Crippen LogP contribution < -0.4 is 15.0 Å². The molecule has 0 spiro atoms. The Bertz CT molecular complexity index is 790. The van der Waals surface area contributed by atoms with Gasteiger partial charge in [-0.05, 0) is 43.5 Å². The maximum Gasteiger partial charge on any atom is 0.246 e. The first-order chi connectivity index (χ1) is 13.2. The van der Waals surface area contributed by atoms with Gasteiger partial charge in [-0.3, -0.25) is 9.78 Å². The van der Waals surface area contributed by atoms with Crippen LogP contribution in [0.15, 0.2) is 42.6 Å². The number of carbonyl (C=O) groups excluding carboxylic acids is 1. The van der Waals surface area contributed by atoms with Crippen molar-refractivity contribution in [3.8, 4) is 11.5 Å². The molecule has 2 heterocycles. The molecule has 1 saturated carbocycles. The van der Waals surface area contributed by atoms with Gasteiger partial charge in [0.1, 0.15) is 18.1 Å². The van der Waals surface area contributed by atoms with Gasteiger partial charge in [-0.25, -0.2) is 0 Å². The van der Waals surface area contributed by atoms with Gasteiger partial charge in [0.05, 0.1) is 6.20 Å². The van der Waals surface area contributed by atoms with Crippen LogP contribution in [0.25, 0.3) is 0 Å². The maximum absolute atomic E-state index is 11.7. The minimum Gasteiger partial charge on any atom is -0.456 e. The number of anilines is 1. The van der Waals surface area contributed by atoms with E-state index in [9.17, 15) is 4.79 Å². The van der Waals surface area contributed by atoms with Crippen LogP contribution >= 0.6 is 0 Å². The van der Waals surface area contributed by atoms with E-state index in [1.54, 1.807) is 6.20 Å². The zero-order valence-corrected chi connectivity index (χ0v) is 15.6. The van der Waals surface area contributed by atoms with E-state index >= 15 is 0 Å². The highest BCUT2D eigenvalue weighted by molar-refractivity contribution is 5.77. The number of nitrogens with zero attached hydrogens (tertiary/aromatic N) is 2. The molecule has 2 aliphatic rings. The van der Waals surface area contributed by atoms with Crippen molar-refractivity contribution in [2.45, 2.75) is 31.2 Å². The lowest BCUT2D eigenvalue weighted by molar-refractivity contribution is -0.125. The van der Waals surface area contributed by atoms with E-state index < -0.39 is 0 Å². The zero-order chi connectivity index (χ0) is 18.6. The summed E-state index contributed by atoms with van der Waals surface area (Å²) >= 11 is 0. The molecule has 142 valence electrons. The third-order valence-electron chi connectivity index (χ3n) is 5.00. The molecular formula is C21H25N3O3. The van der Waals surface area contributed by atoms with Crippen molar-refractivity contribution in [2.24, 2.45) is 0 Å². The topological polar surface area (TPSA) is 63.7 Å². The lowest BCUT2D eigenvalue weighted by Crippen LogP contribution is -2.38. The number of pyridine rings is 1. The number of rotatable bonds is 7. The first-order valence-electron chi connectivity index (χ1n) is 9.48. The molecule has 27 heavy (non-hydrogen) atoms. The molecule has 1 aliphatic heterocycles. The van der Waals surface area contributed by atoms with E-state index in [-0.39, 0.29) is 18.6 Å². The Morgan fingerprint density at radius 1 is 1.22 bits per heavy atom. The number of hydrogen-bond acceptors (Lipinski definition) is 5. The molecule has 1 atom stereocenters. The van der Waals surface area contributed by atoms with Crippen molar-refractivity contribution in [3.63, 3.8) is 0 Å². The Morgan fingerprint density at radius 3 is 2.85 bits per heavy atom. The summed E-state index contributed by atoms with van der Waals surface area (Å²) in [6.45, 7) is 1.79. The lowest BCUT2D eigenvalue weighted by atomic mass is 10.2. The Hall–Kier alpha value is -2.60. The van der Waals surface area contributed by atoms with Crippen LogP contribution in [0.1, 0.15) is 30.9 Å². The Kier molecular flexibility index (Phi) is 5.25. The molecule has 1 N–H and O–H groups in total. The summed E-state index contributed by atoms with van der Waals surface area (Å²) in [7, 11) is 1.53. The molecule has 1 aromatic carbocycles. The fourth-order valence-electron chi connectivity index (χ4n) is 3.47. The van der Waals surface area contributed by atoms with Crippen LogP contribution in [0.4, 0.5) is 5.69 Å². The number of aromatic nitrogens is 1. The summed E-state index contributed by atoms with van der Waals surface area (Å²) < 4.78 is 10.9. The summed E-state index contributed by atoms with van der Waals surface area (Å²) in [4.78, 5) is 18.5. The van der Waals surface area contributed by atoms with E-state index in [0.29, 0.717) is 5.92 Å². The number of carbonyl (C=O) groups is 1. The molecule has 6 nitrogen and oxygen atoms in total. The van der Waals surface area contributed by atoms with Gasteiger partial charge >= 0.3 is 0 Å². The standard InChI is InChI=1S/C21H25N3O3/c1-26-14-21(25)23-16-9-10-24(13-16)17-3-2-4-18(11-17)27-19-7-8-20(22-12-19)15-5-6-15/h2-4,7-8,11-12,15-16H,5-6,9-10,13-14H2,1H3,(H,23,25)/t16-/m0/s1. The third kappa shape index (κ3) is 4.57. The third-order valence-corrected chi connectivity index (χ3v) is 5.00. The second-order valence-corrected chi connectivity index (χ2v) is 7.22. The van der Waals surface area contributed by atoms with Crippen molar-refractivity contribution in [1.82, 2.24) is 10.3 Å². The van der Waals surface area contributed by atoms with Gasteiger partial charge in [0.2, 0.25) is 5.91 Å². The van der Waals surface area contributed by atoms with Gasteiger partial charge in [-0.15, -0.1) is 0 Å². The van der Waals surface area contributed by atoms with Gasteiger partial charge in [-0.2, -0.15) is 0 Å². The molecule has 0 unspecified atom stereocenters. The van der Waals surface area contributed by atoms with Gasteiger partial charge < -0.3 is 19.7 Å². The summed E-state index contributed by atoms with van der Waals surface area (Å²) in [5.74, 6) is 2.13. The van der Waals surface area contributed by atoms with Crippen molar-refractivity contribution in [3.05, 3.63) is 48.3 Å². The van der Waals surface area contributed by atoms with Gasteiger partial charge in [0, 0.05) is 49.6 Å². The van der Waals surface area contributed by atoms with Crippen LogP contribution in [0.3, 0.4) is 0 Å². The molecule has 4 rings (SSSR count). The van der Waals surface area contributed by atoms with Gasteiger partial charge in [0.25, 0.3) is 0 Å². The molecule has 1 aliphatic carbocycles. The smallest absolute Gasteiger partial charge is 0.246 e. The average molecular weight is 367 g/mol. The number of ether oxygens (including phenoxy) is 2. The lowest BCUT2D eigenvalue weighted by Gasteiger charge is -2.20. The largest absolute Gasteiger partial charge is 0.456 e. The van der Waals surface area contributed by atoms with Crippen LogP contribution in [-0.2, 0) is 9.53 Å². The van der Waals surface area contributed by atoms with Crippen molar-refractivity contribution < 1.29 is 14.3 Å². The molecule has 2 aromatic rings. The second kappa shape index (κ2) is 7.96. The quantitative estimate of drug-likeness (QED) is 0.815. The minimum atomic E-state index is -0.0661. The molecular weight excluding hydrogens is 342 g/mol. The van der Waals surface area contributed by atoms with Crippen LogP contribution in [0, 0.1) is 0 Å². The van der Waals surface area contributed by atoms with Crippen molar-refractivity contribution in [2.75, 3.05) is 31.7 Å². The molecule has 0 radical (unpaired) electrons. The van der Waals surface area contributed by atoms with Crippen molar-refractivity contribution >= 4 is 11.6 Å². The molecule has 6 heteroatoms. The SMILES string of the molecule is COCC(=O)N[C@H]1CCN(c2cccc(Oc3ccc(C4CC4)nc3)c2)C1. The van der Waals surface area contributed by atoms with Crippen molar-refractivity contribution in [1.29, 1.82) is 0 Å². The second-order valence-electron chi connectivity index (χ2n) is 7.22. The van der Waals surface area contributed by atoms with E-state index in [1.165, 1.54) is 20.0 Å². The first kappa shape index (κ1) is 17.8. The highest BCUT2D eigenvalue weighted by Crippen LogP contribution is 2.39. The van der Waals surface area contributed by atoms with Gasteiger partial charge in [0.15, 0.2) is 0 Å². The fraction of sp³-hybridized carbons (Fsp3) is 0.429. The highest BCUT2D eigenvalue weighted by Gasteiger charge is 2.25. The van der Waals surface area contributed by atoms with Crippen LogP contribution in [-0.4, -0.2) is 43.7 Å². The minimum absolute atomic E-state index is 0.0661. The predicted molar refractivity (Wildman–Crippen MR) is 103 cm³/mol. The molecule has 1 saturated heterocycles. The Balaban J connectivity index is 1.36. The highest BCUT2D eigenvalue weighted by atomic mass is 16.5. The van der Waals surface area contributed by atoms with Crippen LogP contribution in [0.5, 0.6) is 11.5 Å². The Labute approximate surface area is 159 Å². The molecule has 2 fully saturated rings. The van der Waals surface area contributed by atoms with Gasteiger partial charge in [-0.1, -0.05) is 6.07 Å². The van der Waals surface area contributed by atoms with E-state index in [0.717, 1.165) is 42.4 Å². The molecule has 1 amide bonds. The summed E-state index contributed by atoms with van der Waals surface area (Å²) in [5.41, 5.74) is 2.26. The number of amides is 1. The number of methoxy groups -OCH3 is 1. The summed E-state index contributed by atoms with van der Waals surface area (Å²) in [6, 6.07) is 12.3. The molecule has 1 aromatic heterocycles. The van der Waals surface area contributed by atoms with Crippen LogP contribution in [0.2, 0.25) is 0 Å². The average Bonchev–Trinajstić information content (AvgIpc) is 3.42. The monoisotopic (exact) mass is 367 g/mol. The number of nitrogens with one attached hydrogen (secondary N) is 1. The Morgan fingerprint density at radius 2 is 2.11 bits per heavy atom. The van der Waals surface area contributed by atoms with E-state index in [1.807, 2.05) is 24.3 Å². The van der Waals surface area contributed by atoms with E-state index in [4.69, 9.17) is 9.47 Å². The summed E-state index contributed by atoms with van der Waals surface area (Å²) in [5, 5.41) is 3.01. The predicted octanol–water partition coefficient (Wildman–Crippen LogP) is 3.09. The fourth-order valence-corrected chi connectivity index (χ4v) is 3.47. The maximum atomic E-state index is 11.7. The number of benzene rings is 1. The zero-order valence-electron chi connectivity index (χ0n) is 15.6.